The molecule has 1 fully saturated rings. The van der Waals surface area contributed by atoms with E-state index >= 15 is 0 Å². The molecule has 3 heterocycles. The lowest BCUT2D eigenvalue weighted by atomic mass is 10.0. The van der Waals surface area contributed by atoms with Crippen molar-refractivity contribution in [2.75, 3.05) is 25.0 Å². The van der Waals surface area contributed by atoms with Crippen molar-refractivity contribution in [2.45, 2.75) is 44.8 Å². The summed E-state index contributed by atoms with van der Waals surface area (Å²) in [5.41, 5.74) is 0.415. The van der Waals surface area contributed by atoms with Gasteiger partial charge in [-0.05, 0) is 25.8 Å². The first-order valence-corrected chi connectivity index (χ1v) is 8.25. The molecule has 0 saturated carbocycles. The van der Waals surface area contributed by atoms with E-state index in [0.717, 1.165) is 19.5 Å². The maximum Gasteiger partial charge on any atom is 0.451 e. The average molecular weight is 342 g/mol. The number of halogens is 3. The number of rotatable bonds is 5. The number of H-pyrrole nitrogens is 1. The lowest BCUT2D eigenvalue weighted by Gasteiger charge is -2.35. The largest absolute Gasteiger partial charge is 0.451 e. The molecule has 6 nitrogen and oxygen atoms in total. The van der Waals surface area contributed by atoms with Gasteiger partial charge in [0, 0.05) is 19.1 Å². The molecule has 0 bridgehead atoms. The summed E-state index contributed by atoms with van der Waals surface area (Å²) in [6.07, 6.45) is 1.43. The smallest absolute Gasteiger partial charge is 0.367 e. The van der Waals surface area contributed by atoms with Gasteiger partial charge in [0.2, 0.25) is 5.82 Å². The van der Waals surface area contributed by atoms with Crippen LogP contribution in [0.5, 0.6) is 0 Å². The number of nitrogens with zero attached hydrogens (tertiary/aromatic N) is 4. The van der Waals surface area contributed by atoms with Gasteiger partial charge in [0.15, 0.2) is 11.5 Å². The van der Waals surface area contributed by atoms with Crippen molar-refractivity contribution in [3.8, 4) is 0 Å². The van der Waals surface area contributed by atoms with Crippen LogP contribution >= 0.6 is 0 Å². The Hall–Kier alpha value is -1.90. The summed E-state index contributed by atoms with van der Waals surface area (Å²) < 4.78 is 38.7. The molecule has 1 aliphatic rings. The Balaban J connectivity index is 1.71. The van der Waals surface area contributed by atoms with Crippen molar-refractivity contribution < 1.29 is 13.2 Å². The molecule has 0 aromatic carbocycles. The first-order valence-electron chi connectivity index (χ1n) is 8.25. The van der Waals surface area contributed by atoms with E-state index in [0.29, 0.717) is 18.1 Å². The molecule has 1 atom stereocenters. The predicted molar refractivity (Wildman–Crippen MR) is 84.7 cm³/mol. The third-order valence-corrected chi connectivity index (χ3v) is 4.45. The maximum absolute atomic E-state index is 12.9. The fraction of sp³-hybridized carbons (Fsp3) is 0.667. The van der Waals surface area contributed by atoms with E-state index in [1.807, 2.05) is 0 Å². The quantitative estimate of drug-likeness (QED) is 0.874. The molecule has 132 valence electrons. The maximum atomic E-state index is 12.9. The van der Waals surface area contributed by atoms with Gasteiger partial charge in [-0.2, -0.15) is 13.2 Å². The molecule has 1 unspecified atom stereocenters. The fourth-order valence-corrected chi connectivity index (χ4v) is 3.22. The van der Waals surface area contributed by atoms with Gasteiger partial charge in [-0.1, -0.05) is 13.3 Å². The molecule has 2 N–H and O–H groups in total. The van der Waals surface area contributed by atoms with Crippen LogP contribution in [0.3, 0.4) is 0 Å². The van der Waals surface area contributed by atoms with E-state index in [2.05, 4.69) is 37.1 Å². The Morgan fingerprint density at radius 3 is 2.92 bits per heavy atom. The number of aromatic amines is 1. The van der Waals surface area contributed by atoms with Crippen LogP contribution in [0.1, 0.15) is 38.4 Å². The Labute approximate surface area is 137 Å². The van der Waals surface area contributed by atoms with Crippen LogP contribution in [0.4, 0.5) is 19.0 Å². The summed E-state index contributed by atoms with van der Waals surface area (Å²) in [4.78, 5) is 16.1. The topological polar surface area (TPSA) is 69.7 Å². The second-order valence-corrected chi connectivity index (χ2v) is 6.02. The highest BCUT2D eigenvalue weighted by molar-refractivity contribution is 5.82. The summed E-state index contributed by atoms with van der Waals surface area (Å²) in [7, 11) is 0. The predicted octanol–water partition coefficient (Wildman–Crippen LogP) is 3.05. The highest BCUT2D eigenvalue weighted by Gasteiger charge is 2.36. The van der Waals surface area contributed by atoms with Crippen molar-refractivity contribution in [1.29, 1.82) is 0 Å². The first-order chi connectivity index (χ1) is 11.5. The normalized spacial score (nSPS) is 19.8. The second-order valence-electron chi connectivity index (χ2n) is 6.02. The summed E-state index contributed by atoms with van der Waals surface area (Å²) in [6.45, 7) is 4.51. The molecule has 0 amide bonds. The molecule has 0 radical (unpaired) electrons. The van der Waals surface area contributed by atoms with Gasteiger partial charge in [0.05, 0.1) is 6.33 Å². The zero-order valence-electron chi connectivity index (χ0n) is 13.5. The zero-order chi connectivity index (χ0) is 17.2. The molecule has 1 saturated heterocycles. The molecule has 0 aliphatic carbocycles. The van der Waals surface area contributed by atoms with Crippen molar-refractivity contribution >= 4 is 17.0 Å². The lowest BCUT2D eigenvalue weighted by molar-refractivity contribution is -0.144. The van der Waals surface area contributed by atoms with Crippen LogP contribution in [-0.4, -0.2) is 50.5 Å². The average Bonchev–Trinajstić information content (AvgIpc) is 3.03. The van der Waals surface area contributed by atoms with Gasteiger partial charge in [-0.3, -0.25) is 4.90 Å². The number of fused-ring (bicyclic) bond motifs is 1. The van der Waals surface area contributed by atoms with Crippen molar-refractivity contribution in [3.63, 3.8) is 0 Å². The number of hydrogen-bond donors (Lipinski definition) is 2. The molecular formula is C15H21F3N6. The SMILES string of the molecule is CCC1CCCCN1CCNc1nc(C(F)(F)F)nc2nc[nH]c12. The number of imidazole rings is 1. The molecule has 2 aromatic rings. The number of hydrogen-bond acceptors (Lipinski definition) is 5. The molecule has 9 heteroatoms. The van der Waals surface area contributed by atoms with Gasteiger partial charge in [-0.15, -0.1) is 0 Å². The minimum atomic E-state index is -4.59. The van der Waals surface area contributed by atoms with Crippen LogP contribution in [0.2, 0.25) is 0 Å². The van der Waals surface area contributed by atoms with Crippen LogP contribution in [0, 0.1) is 0 Å². The minimum absolute atomic E-state index is 0.0178. The van der Waals surface area contributed by atoms with Gasteiger partial charge in [0.25, 0.3) is 0 Å². The van der Waals surface area contributed by atoms with Gasteiger partial charge in [-0.25, -0.2) is 15.0 Å². The monoisotopic (exact) mass is 342 g/mol. The van der Waals surface area contributed by atoms with Crippen LogP contribution in [0.25, 0.3) is 11.2 Å². The number of alkyl halides is 3. The van der Waals surface area contributed by atoms with Crippen LogP contribution in [0.15, 0.2) is 6.33 Å². The van der Waals surface area contributed by atoms with Crippen LogP contribution in [-0.2, 0) is 6.18 Å². The zero-order valence-corrected chi connectivity index (χ0v) is 13.5. The molecule has 0 spiro atoms. The number of nitrogens with one attached hydrogen (secondary N) is 2. The van der Waals surface area contributed by atoms with E-state index in [-0.39, 0.29) is 11.5 Å². The van der Waals surface area contributed by atoms with Crippen molar-refractivity contribution in [2.24, 2.45) is 0 Å². The third kappa shape index (κ3) is 3.61. The number of aromatic nitrogens is 4. The molecule has 2 aromatic heterocycles. The van der Waals surface area contributed by atoms with E-state index in [1.165, 1.54) is 25.6 Å². The van der Waals surface area contributed by atoms with Crippen LogP contribution < -0.4 is 5.32 Å². The lowest BCUT2D eigenvalue weighted by Crippen LogP contribution is -2.41. The highest BCUT2D eigenvalue weighted by Crippen LogP contribution is 2.29. The molecule has 1 aliphatic heterocycles. The van der Waals surface area contributed by atoms with Crippen molar-refractivity contribution in [1.82, 2.24) is 24.8 Å². The first kappa shape index (κ1) is 16.9. The number of anilines is 1. The highest BCUT2D eigenvalue weighted by atomic mass is 19.4. The standard InChI is InChI=1S/C15H21F3N6/c1-2-10-5-3-4-7-24(10)8-6-19-12-11-13(21-9-20-11)23-14(22-12)15(16,17)18/h9-10H,2-8H2,1H3,(H2,19,20,21,22,23). The van der Waals surface area contributed by atoms with Gasteiger partial charge in [0.1, 0.15) is 5.52 Å². The van der Waals surface area contributed by atoms with E-state index in [1.54, 1.807) is 0 Å². The number of likely N-dealkylation sites (tertiary alicyclic amines) is 1. The van der Waals surface area contributed by atoms with Gasteiger partial charge < -0.3 is 10.3 Å². The van der Waals surface area contributed by atoms with E-state index < -0.39 is 12.0 Å². The number of piperidine rings is 1. The minimum Gasteiger partial charge on any atom is -0.367 e. The Morgan fingerprint density at radius 1 is 1.33 bits per heavy atom. The molecular weight excluding hydrogens is 321 g/mol. The third-order valence-electron chi connectivity index (χ3n) is 4.45. The van der Waals surface area contributed by atoms with Gasteiger partial charge >= 0.3 is 6.18 Å². The fourth-order valence-electron chi connectivity index (χ4n) is 3.22. The van der Waals surface area contributed by atoms with Crippen molar-refractivity contribution in [3.05, 3.63) is 12.2 Å². The van der Waals surface area contributed by atoms with E-state index in [9.17, 15) is 13.2 Å². The molecule has 3 rings (SSSR count). The Kier molecular flexibility index (Phi) is 4.88. The Morgan fingerprint density at radius 2 is 2.17 bits per heavy atom. The summed E-state index contributed by atoms with van der Waals surface area (Å²) in [5.74, 6) is -1.02. The second kappa shape index (κ2) is 6.92. The Bertz CT molecular complexity index is 683. The summed E-state index contributed by atoms with van der Waals surface area (Å²) in [5, 5.41) is 3.01. The summed E-state index contributed by atoms with van der Waals surface area (Å²) in [6, 6.07) is 0.559. The van der Waals surface area contributed by atoms with E-state index in [4.69, 9.17) is 0 Å². The molecule has 24 heavy (non-hydrogen) atoms. The summed E-state index contributed by atoms with van der Waals surface area (Å²) >= 11 is 0.